The average molecular weight is 609 g/mol. The molecule has 0 unspecified atom stereocenters. The second-order valence-electron chi connectivity index (χ2n) is 10.5. The molecule has 1 fully saturated rings. The minimum absolute atomic E-state index is 0.00312. The third-order valence-electron chi connectivity index (χ3n) is 7.29. The molecule has 10 heteroatoms. The van der Waals surface area contributed by atoms with Crippen LogP contribution in [0.15, 0.2) is 66.7 Å². The Balaban J connectivity index is 1.69. The lowest BCUT2D eigenvalue weighted by molar-refractivity contribution is -0.130. The molecule has 2 heterocycles. The molecule has 0 spiro atoms. The smallest absolute Gasteiger partial charge is 0.413 e. The maximum atomic E-state index is 14.5. The van der Waals surface area contributed by atoms with Gasteiger partial charge < -0.3 is 19.3 Å². The molecule has 2 aliphatic heterocycles. The van der Waals surface area contributed by atoms with Crippen LogP contribution < -0.4 is 14.1 Å². The van der Waals surface area contributed by atoms with Crippen molar-refractivity contribution in [1.82, 2.24) is 19.4 Å². The molecule has 3 aromatic rings. The van der Waals surface area contributed by atoms with Crippen LogP contribution in [0.5, 0.6) is 11.5 Å². The number of halogens is 2. The van der Waals surface area contributed by atoms with E-state index in [1.165, 1.54) is 0 Å². The molecule has 2 aliphatic rings. The topological polar surface area (TPSA) is 76.4 Å². The van der Waals surface area contributed by atoms with Gasteiger partial charge in [0.15, 0.2) is 0 Å². The molecule has 5 rings (SSSR count). The number of amidine groups is 1. The van der Waals surface area contributed by atoms with Crippen LogP contribution in [0.3, 0.4) is 0 Å². The number of carbonyl (C=O) groups is 2. The first-order chi connectivity index (χ1) is 20.2. The Bertz CT molecular complexity index is 1540. The lowest BCUT2D eigenvalue weighted by Gasteiger charge is -2.35. The van der Waals surface area contributed by atoms with E-state index in [1.807, 2.05) is 80.6 Å². The summed E-state index contributed by atoms with van der Waals surface area (Å²) >= 11 is 12.5. The van der Waals surface area contributed by atoms with Crippen LogP contribution >= 0.6 is 23.2 Å². The van der Waals surface area contributed by atoms with Crippen molar-refractivity contribution in [2.24, 2.45) is 0 Å². The fourth-order valence-electron chi connectivity index (χ4n) is 5.19. The van der Waals surface area contributed by atoms with Gasteiger partial charge in [-0.2, -0.15) is 0 Å². The number of piperazine rings is 1. The molecule has 1 atom stereocenters. The number of ether oxygens (including phenoxy) is 2. The van der Waals surface area contributed by atoms with E-state index in [1.54, 1.807) is 28.7 Å². The van der Waals surface area contributed by atoms with Gasteiger partial charge in [0.1, 0.15) is 17.1 Å². The lowest BCUT2D eigenvalue weighted by Crippen LogP contribution is -2.55. The Hall–Kier alpha value is -3.97. The van der Waals surface area contributed by atoms with Gasteiger partial charge in [-0.15, -0.1) is 4.90 Å². The van der Waals surface area contributed by atoms with E-state index in [0.29, 0.717) is 64.8 Å². The zero-order chi connectivity index (χ0) is 30.0. The second-order valence-corrected chi connectivity index (χ2v) is 11.3. The molecule has 0 aliphatic carbocycles. The lowest BCUT2D eigenvalue weighted by atomic mass is 9.95. The van der Waals surface area contributed by atoms with Crippen LogP contribution in [-0.4, -0.2) is 77.6 Å². The Morgan fingerprint density at radius 3 is 2.05 bits per heavy atom. The van der Waals surface area contributed by atoms with Crippen molar-refractivity contribution >= 4 is 46.7 Å². The third kappa shape index (κ3) is 6.12. The van der Waals surface area contributed by atoms with Crippen molar-refractivity contribution in [1.29, 1.82) is 0 Å². The van der Waals surface area contributed by atoms with E-state index in [9.17, 15) is 9.59 Å². The summed E-state index contributed by atoms with van der Waals surface area (Å²) in [5.74, 6) is 1.63. The molecule has 3 aromatic carbocycles. The van der Waals surface area contributed by atoms with Crippen LogP contribution in [0.2, 0.25) is 10.0 Å². The van der Waals surface area contributed by atoms with Crippen molar-refractivity contribution < 1.29 is 19.1 Å². The Morgan fingerprint density at radius 2 is 1.48 bits per heavy atom. The van der Waals surface area contributed by atoms with Gasteiger partial charge in [0.25, 0.3) is 5.71 Å². The average Bonchev–Trinajstić information content (AvgIpc) is 3.37. The van der Waals surface area contributed by atoms with E-state index in [-0.39, 0.29) is 18.0 Å². The van der Waals surface area contributed by atoms with Gasteiger partial charge in [-0.1, -0.05) is 35.3 Å². The highest BCUT2D eigenvalue weighted by Crippen LogP contribution is 2.35. The first-order valence-electron chi connectivity index (χ1n) is 13.8. The maximum Gasteiger partial charge on any atom is 0.413 e. The summed E-state index contributed by atoms with van der Waals surface area (Å²) in [5.41, 5.74) is 3.02. The van der Waals surface area contributed by atoms with Crippen LogP contribution in [-0.2, 0) is 4.79 Å². The molecule has 1 saturated heterocycles. The predicted octanol–water partition coefficient (Wildman–Crippen LogP) is 5.43. The highest BCUT2D eigenvalue weighted by molar-refractivity contribution is 6.31. The summed E-state index contributed by atoms with van der Waals surface area (Å²) in [6, 6.07) is 19.6. The van der Waals surface area contributed by atoms with Crippen molar-refractivity contribution in [2.75, 3.05) is 33.3 Å². The summed E-state index contributed by atoms with van der Waals surface area (Å²) in [6.45, 7) is 7.17. The number of nitrogens with zero attached hydrogens (tertiary/aromatic N) is 4. The molecular formula is C32H33Cl2N4O4+. The first-order valence-corrected chi connectivity index (χ1v) is 14.6. The quantitative estimate of drug-likeness (QED) is 0.350. The Kier molecular flexibility index (Phi) is 8.78. The van der Waals surface area contributed by atoms with Crippen molar-refractivity contribution in [3.63, 3.8) is 0 Å². The number of urea groups is 1. The second kappa shape index (κ2) is 12.5. The Labute approximate surface area is 255 Å². The number of carbonyl (C=O) groups excluding carboxylic acids is 2. The molecule has 42 heavy (non-hydrogen) atoms. The number of amides is 3. The minimum Gasteiger partial charge on any atom is -0.497 e. The normalized spacial score (nSPS) is 16.8. The summed E-state index contributed by atoms with van der Waals surface area (Å²) in [4.78, 5) is 31.8. The zero-order valence-electron chi connectivity index (χ0n) is 24.0. The summed E-state index contributed by atoms with van der Waals surface area (Å²) in [6.07, 6.45) is -0.131. The third-order valence-corrected chi connectivity index (χ3v) is 7.80. The monoisotopic (exact) mass is 607 g/mol. The maximum absolute atomic E-state index is 14.5. The molecule has 0 N–H and O–H groups in total. The zero-order valence-corrected chi connectivity index (χ0v) is 25.5. The van der Waals surface area contributed by atoms with Crippen molar-refractivity contribution in [2.45, 2.75) is 32.9 Å². The molecule has 218 valence electrons. The minimum atomic E-state index is -0.564. The standard InChI is InChI=1S/C32H33Cl2N4O4/c1-20(2)42-28-19-26(41-4)13-14-27(28)31-35-29(22-5-9-24(33)10-6-22)30(23-7-11-25(34)12-8-23)38(31)32(40)37-17-15-36(16-18-37)21(3)39/h5-14,19-20,30H,15-18H2,1-4H3/q+1/t30-/m1/s1. The summed E-state index contributed by atoms with van der Waals surface area (Å²) in [5, 5.41) is 1.19. The molecule has 0 aromatic heterocycles. The predicted molar refractivity (Wildman–Crippen MR) is 166 cm³/mol. The van der Waals surface area contributed by atoms with Gasteiger partial charge in [-0.05, 0) is 62.4 Å². The number of hydrogen-bond acceptors (Lipinski definition) is 4. The van der Waals surface area contributed by atoms with Gasteiger partial charge in [0.2, 0.25) is 11.9 Å². The molecule has 8 nitrogen and oxygen atoms in total. The fourth-order valence-corrected chi connectivity index (χ4v) is 5.44. The SMILES string of the molecule is COc1ccc(C2=[N+]=C(c3ccc(Cl)cc3)[C@@H](c3ccc(Cl)cc3)N2C(=O)N2CCN(C(C)=O)CC2)c(OC(C)C)c1. The number of methoxy groups -OCH3 is 1. The highest BCUT2D eigenvalue weighted by atomic mass is 35.5. The summed E-state index contributed by atoms with van der Waals surface area (Å²) in [7, 11) is 1.60. The van der Waals surface area contributed by atoms with Crippen molar-refractivity contribution in [3.8, 4) is 11.5 Å². The van der Waals surface area contributed by atoms with Crippen molar-refractivity contribution in [3.05, 3.63) is 93.5 Å². The van der Waals surface area contributed by atoms with Crippen LogP contribution in [0.4, 0.5) is 4.79 Å². The number of rotatable bonds is 6. The fraction of sp³-hybridized carbons (Fsp3) is 0.312. The first kappa shape index (κ1) is 29.5. The molecule has 3 amide bonds. The largest absolute Gasteiger partial charge is 0.497 e. The van der Waals surface area contributed by atoms with E-state index < -0.39 is 6.04 Å². The highest BCUT2D eigenvalue weighted by Gasteiger charge is 2.51. The van der Waals surface area contributed by atoms with Crippen LogP contribution in [0.1, 0.15) is 43.5 Å². The molecular weight excluding hydrogens is 575 g/mol. The molecule has 0 bridgehead atoms. The van der Waals surface area contributed by atoms with E-state index >= 15 is 0 Å². The van der Waals surface area contributed by atoms with Gasteiger partial charge in [0.05, 0.1) is 13.2 Å². The number of hydrogen-bond donors (Lipinski definition) is 0. The van der Waals surface area contributed by atoms with E-state index in [4.69, 9.17) is 37.3 Å². The summed E-state index contributed by atoms with van der Waals surface area (Å²) < 4.78 is 16.9. The van der Waals surface area contributed by atoms with Gasteiger partial charge in [-0.25, -0.2) is 9.46 Å². The van der Waals surface area contributed by atoms with E-state index in [2.05, 4.69) is 0 Å². The van der Waals surface area contributed by atoms with Crippen LogP contribution in [0.25, 0.3) is 0 Å². The molecule has 0 radical (unpaired) electrons. The van der Waals surface area contributed by atoms with Gasteiger partial charge in [0, 0.05) is 60.3 Å². The van der Waals surface area contributed by atoms with Gasteiger partial charge in [-0.3, -0.25) is 4.79 Å². The molecule has 0 saturated carbocycles. The Morgan fingerprint density at radius 1 is 0.881 bits per heavy atom. The van der Waals surface area contributed by atoms with Crippen LogP contribution in [0, 0.1) is 0 Å². The van der Waals surface area contributed by atoms with Gasteiger partial charge >= 0.3 is 11.9 Å². The van der Waals surface area contributed by atoms with E-state index in [0.717, 1.165) is 11.1 Å². The number of benzene rings is 3.